The Kier molecular flexibility index (Phi) is 2.83. The number of rotatable bonds is 3. The summed E-state index contributed by atoms with van der Waals surface area (Å²) < 4.78 is 2.29. The molecule has 0 saturated heterocycles. The van der Waals surface area contributed by atoms with Crippen LogP contribution in [0, 0.1) is 0 Å². The summed E-state index contributed by atoms with van der Waals surface area (Å²) in [6.07, 6.45) is 3.56. The third-order valence-electron chi connectivity index (χ3n) is 4.20. The van der Waals surface area contributed by atoms with Gasteiger partial charge in [-0.2, -0.15) is 0 Å². The third-order valence-corrected chi connectivity index (χ3v) is 4.44. The molecule has 1 aromatic carbocycles. The van der Waals surface area contributed by atoms with Crippen molar-refractivity contribution < 1.29 is 0 Å². The normalized spacial score (nSPS) is 17.9. The number of nitrogens with two attached hydrogens (primary N) is 1. The van der Waals surface area contributed by atoms with Gasteiger partial charge in [0.1, 0.15) is 5.82 Å². The van der Waals surface area contributed by atoms with Crippen LogP contribution >= 0.6 is 11.6 Å². The molecule has 1 saturated carbocycles. The number of aromatic nitrogens is 2. The summed E-state index contributed by atoms with van der Waals surface area (Å²) in [7, 11) is 0. The SMILES string of the molecule is CCn1c(C2(CN)CCC2)nc2cc(Cl)ccc21. The van der Waals surface area contributed by atoms with Crippen molar-refractivity contribution in [2.75, 3.05) is 6.54 Å². The lowest BCUT2D eigenvalue weighted by atomic mass is 9.68. The fraction of sp³-hybridized carbons (Fsp3) is 0.500. The van der Waals surface area contributed by atoms with E-state index in [9.17, 15) is 0 Å². The van der Waals surface area contributed by atoms with Gasteiger partial charge in [-0.05, 0) is 38.0 Å². The van der Waals surface area contributed by atoms with Gasteiger partial charge >= 0.3 is 0 Å². The number of hydrogen-bond donors (Lipinski definition) is 1. The van der Waals surface area contributed by atoms with Crippen molar-refractivity contribution in [2.45, 2.75) is 38.1 Å². The van der Waals surface area contributed by atoms with Crippen molar-refractivity contribution in [2.24, 2.45) is 5.73 Å². The average molecular weight is 264 g/mol. The molecule has 0 atom stereocenters. The van der Waals surface area contributed by atoms with Gasteiger partial charge in [-0.25, -0.2) is 4.98 Å². The van der Waals surface area contributed by atoms with Crippen LogP contribution in [0.15, 0.2) is 18.2 Å². The van der Waals surface area contributed by atoms with Gasteiger partial charge in [0, 0.05) is 23.5 Å². The first-order chi connectivity index (χ1) is 8.70. The first-order valence-corrected chi connectivity index (χ1v) is 6.94. The van der Waals surface area contributed by atoms with E-state index in [0.717, 1.165) is 41.3 Å². The number of nitrogens with zero attached hydrogens (tertiary/aromatic N) is 2. The van der Waals surface area contributed by atoms with Crippen molar-refractivity contribution in [3.8, 4) is 0 Å². The lowest BCUT2D eigenvalue weighted by Gasteiger charge is -2.40. The van der Waals surface area contributed by atoms with Crippen LogP contribution in [0.25, 0.3) is 11.0 Å². The highest BCUT2D eigenvalue weighted by molar-refractivity contribution is 6.31. The molecule has 96 valence electrons. The van der Waals surface area contributed by atoms with Crippen LogP contribution in [0.4, 0.5) is 0 Å². The van der Waals surface area contributed by atoms with Gasteiger partial charge in [0.05, 0.1) is 11.0 Å². The highest BCUT2D eigenvalue weighted by Crippen LogP contribution is 2.43. The monoisotopic (exact) mass is 263 g/mol. The van der Waals surface area contributed by atoms with Gasteiger partial charge in [-0.1, -0.05) is 18.0 Å². The van der Waals surface area contributed by atoms with Gasteiger partial charge in [-0.15, -0.1) is 0 Å². The van der Waals surface area contributed by atoms with Crippen molar-refractivity contribution >= 4 is 22.6 Å². The Morgan fingerprint density at radius 2 is 2.22 bits per heavy atom. The fourth-order valence-electron chi connectivity index (χ4n) is 2.95. The van der Waals surface area contributed by atoms with E-state index >= 15 is 0 Å². The van der Waals surface area contributed by atoms with Crippen molar-refractivity contribution in [1.82, 2.24) is 9.55 Å². The molecule has 3 nitrogen and oxygen atoms in total. The van der Waals surface area contributed by atoms with Gasteiger partial charge < -0.3 is 10.3 Å². The number of benzene rings is 1. The molecule has 2 aromatic rings. The first-order valence-electron chi connectivity index (χ1n) is 6.56. The second kappa shape index (κ2) is 4.25. The number of aryl methyl sites for hydroxylation is 1. The second-order valence-corrected chi connectivity index (χ2v) is 5.59. The van der Waals surface area contributed by atoms with Gasteiger partial charge in [0.2, 0.25) is 0 Å². The van der Waals surface area contributed by atoms with Crippen molar-refractivity contribution in [1.29, 1.82) is 0 Å². The van der Waals surface area contributed by atoms with Gasteiger partial charge in [-0.3, -0.25) is 0 Å². The zero-order valence-electron chi connectivity index (χ0n) is 10.6. The number of halogens is 1. The molecule has 0 aliphatic heterocycles. The zero-order valence-corrected chi connectivity index (χ0v) is 11.4. The Bertz CT molecular complexity index is 578. The van der Waals surface area contributed by atoms with E-state index in [1.807, 2.05) is 12.1 Å². The summed E-state index contributed by atoms with van der Waals surface area (Å²) in [5, 5.41) is 0.741. The van der Waals surface area contributed by atoms with E-state index in [1.54, 1.807) is 0 Å². The Morgan fingerprint density at radius 3 is 2.78 bits per heavy atom. The van der Waals surface area contributed by atoms with Crippen LogP contribution in [-0.4, -0.2) is 16.1 Å². The highest BCUT2D eigenvalue weighted by atomic mass is 35.5. The Labute approximate surface area is 112 Å². The molecule has 1 heterocycles. The summed E-state index contributed by atoms with van der Waals surface area (Å²) >= 11 is 6.05. The predicted molar refractivity (Wildman–Crippen MR) is 75.0 cm³/mol. The summed E-state index contributed by atoms with van der Waals surface area (Å²) in [5.41, 5.74) is 8.24. The molecule has 4 heteroatoms. The molecule has 0 unspecified atom stereocenters. The number of fused-ring (bicyclic) bond motifs is 1. The summed E-state index contributed by atoms with van der Waals surface area (Å²) in [6, 6.07) is 5.92. The predicted octanol–water partition coefficient (Wildman–Crippen LogP) is 3.09. The molecule has 1 aromatic heterocycles. The highest BCUT2D eigenvalue weighted by Gasteiger charge is 2.41. The Morgan fingerprint density at radius 1 is 1.44 bits per heavy atom. The molecule has 1 fully saturated rings. The first kappa shape index (κ1) is 12.0. The lowest BCUT2D eigenvalue weighted by Crippen LogP contribution is -2.43. The minimum absolute atomic E-state index is 0.0987. The molecule has 0 radical (unpaired) electrons. The largest absolute Gasteiger partial charge is 0.329 e. The average Bonchev–Trinajstić information content (AvgIpc) is 2.66. The van der Waals surface area contributed by atoms with E-state index in [0.29, 0.717) is 6.54 Å². The number of hydrogen-bond acceptors (Lipinski definition) is 2. The molecule has 18 heavy (non-hydrogen) atoms. The van der Waals surface area contributed by atoms with Crippen LogP contribution in [0.3, 0.4) is 0 Å². The molecule has 1 aliphatic carbocycles. The molecule has 0 amide bonds. The van der Waals surface area contributed by atoms with Crippen molar-refractivity contribution in [3.05, 3.63) is 29.0 Å². The Balaban J connectivity index is 2.22. The summed E-state index contributed by atoms with van der Waals surface area (Å²) in [6.45, 7) is 3.77. The molecule has 1 aliphatic rings. The molecular formula is C14H18ClN3. The topological polar surface area (TPSA) is 43.8 Å². The van der Waals surface area contributed by atoms with E-state index in [1.165, 1.54) is 6.42 Å². The molecule has 0 bridgehead atoms. The molecular weight excluding hydrogens is 246 g/mol. The van der Waals surface area contributed by atoms with Crippen LogP contribution in [0.5, 0.6) is 0 Å². The second-order valence-electron chi connectivity index (χ2n) is 5.15. The maximum absolute atomic E-state index is 6.05. The smallest absolute Gasteiger partial charge is 0.117 e. The van der Waals surface area contributed by atoms with Gasteiger partial charge in [0.15, 0.2) is 0 Å². The van der Waals surface area contributed by atoms with E-state index in [4.69, 9.17) is 22.3 Å². The third kappa shape index (κ3) is 1.57. The quantitative estimate of drug-likeness (QED) is 0.925. The molecule has 2 N–H and O–H groups in total. The lowest BCUT2D eigenvalue weighted by molar-refractivity contribution is 0.231. The maximum atomic E-state index is 6.05. The van der Waals surface area contributed by atoms with E-state index < -0.39 is 0 Å². The molecule has 3 rings (SSSR count). The minimum Gasteiger partial charge on any atom is -0.329 e. The fourth-order valence-corrected chi connectivity index (χ4v) is 3.12. The van der Waals surface area contributed by atoms with Crippen LogP contribution in [-0.2, 0) is 12.0 Å². The standard InChI is InChI=1S/C14H18ClN3/c1-2-18-12-5-4-10(15)8-11(12)17-13(18)14(9-16)6-3-7-14/h4-5,8H,2-3,6-7,9,16H2,1H3. The zero-order chi connectivity index (χ0) is 12.8. The van der Waals surface area contributed by atoms with E-state index in [2.05, 4.69) is 17.6 Å². The van der Waals surface area contributed by atoms with Crippen LogP contribution < -0.4 is 5.73 Å². The Hall–Kier alpha value is -1.06. The van der Waals surface area contributed by atoms with Crippen LogP contribution in [0.1, 0.15) is 32.0 Å². The van der Waals surface area contributed by atoms with Crippen molar-refractivity contribution in [3.63, 3.8) is 0 Å². The maximum Gasteiger partial charge on any atom is 0.117 e. The minimum atomic E-state index is 0.0987. The number of imidazole rings is 1. The summed E-state index contributed by atoms with van der Waals surface area (Å²) in [5.74, 6) is 1.15. The van der Waals surface area contributed by atoms with E-state index in [-0.39, 0.29) is 5.41 Å². The van der Waals surface area contributed by atoms with Crippen LogP contribution in [0.2, 0.25) is 5.02 Å². The molecule has 0 spiro atoms. The summed E-state index contributed by atoms with van der Waals surface area (Å²) in [4.78, 5) is 4.81. The van der Waals surface area contributed by atoms with Gasteiger partial charge in [0.25, 0.3) is 0 Å².